The maximum Gasteiger partial charge on any atom is 0.127 e. The van der Waals surface area contributed by atoms with Crippen molar-refractivity contribution in [3.05, 3.63) is 90.5 Å². The Morgan fingerprint density at radius 2 is 1.33 bits per heavy atom. The normalized spacial score (nSPS) is 10.1. The Balaban J connectivity index is 1.59. The molecule has 0 saturated carbocycles. The van der Waals surface area contributed by atoms with Crippen LogP contribution in [0.5, 0.6) is 17.2 Å². The van der Waals surface area contributed by atoms with Gasteiger partial charge in [0.2, 0.25) is 0 Å². The van der Waals surface area contributed by atoms with E-state index in [1.165, 1.54) is 0 Å². The minimum atomic E-state index is 0.537. The van der Waals surface area contributed by atoms with E-state index in [1.807, 2.05) is 78.9 Å². The first-order valence-electron chi connectivity index (χ1n) is 6.81. The molecule has 0 fully saturated rings. The number of benzene rings is 3. The molecule has 21 heavy (non-hydrogen) atoms. The van der Waals surface area contributed by atoms with Crippen molar-refractivity contribution in [2.24, 2.45) is 0 Å². The van der Waals surface area contributed by atoms with Crippen molar-refractivity contribution in [3.8, 4) is 17.2 Å². The monoisotopic (exact) mass is 275 g/mol. The maximum absolute atomic E-state index is 5.75. The summed E-state index contributed by atoms with van der Waals surface area (Å²) >= 11 is 0. The molecule has 2 nitrogen and oxygen atoms in total. The summed E-state index contributed by atoms with van der Waals surface area (Å²) in [6.07, 6.45) is 0. The summed E-state index contributed by atoms with van der Waals surface area (Å²) in [5.41, 5.74) is 1.10. The van der Waals surface area contributed by atoms with Crippen molar-refractivity contribution in [1.29, 1.82) is 0 Å². The van der Waals surface area contributed by atoms with Gasteiger partial charge in [0.25, 0.3) is 0 Å². The quantitative estimate of drug-likeness (QED) is 0.662. The van der Waals surface area contributed by atoms with E-state index in [0.717, 1.165) is 22.8 Å². The summed E-state index contributed by atoms with van der Waals surface area (Å²) in [7, 11) is 0. The summed E-state index contributed by atoms with van der Waals surface area (Å²) in [6.45, 7) is 0.537. The van der Waals surface area contributed by atoms with Gasteiger partial charge in [-0.25, -0.2) is 0 Å². The second-order valence-electron chi connectivity index (χ2n) is 4.58. The third-order valence-electron chi connectivity index (χ3n) is 3.00. The largest absolute Gasteiger partial charge is 0.489 e. The van der Waals surface area contributed by atoms with E-state index in [0.29, 0.717) is 6.61 Å². The van der Waals surface area contributed by atoms with E-state index in [-0.39, 0.29) is 0 Å². The van der Waals surface area contributed by atoms with Gasteiger partial charge in [-0.15, -0.1) is 0 Å². The topological polar surface area (TPSA) is 18.5 Å². The van der Waals surface area contributed by atoms with Crippen molar-refractivity contribution in [2.45, 2.75) is 6.61 Å². The fourth-order valence-electron chi connectivity index (χ4n) is 1.91. The Hall–Kier alpha value is -2.74. The smallest absolute Gasteiger partial charge is 0.127 e. The molecule has 103 valence electrons. The highest BCUT2D eigenvalue weighted by Gasteiger charge is 1.99. The Bertz CT molecular complexity index is 661. The number of hydrogen-bond donors (Lipinski definition) is 0. The Morgan fingerprint density at radius 1 is 0.667 bits per heavy atom. The zero-order valence-corrected chi connectivity index (χ0v) is 11.5. The number of para-hydroxylation sites is 1. The van der Waals surface area contributed by atoms with Gasteiger partial charge in [-0.3, -0.25) is 0 Å². The molecule has 0 aliphatic heterocycles. The Labute approximate surface area is 124 Å². The van der Waals surface area contributed by atoms with Crippen LogP contribution in [0.1, 0.15) is 5.56 Å². The molecule has 3 rings (SSSR count). The second-order valence-corrected chi connectivity index (χ2v) is 4.58. The van der Waals surface area contributed by atoms with Crippen LogP contribution in [-0.4, -0.2) is 0 Å². The Kier molecular flexibility index (Phi) is 4.18. The summed E-state index contributed by atoms with van der Waals surface area (Å²) in [4.78, 5) is 0. The second kappa shape index (κ2) is 6.62. The van der Waals surface area contributed by atoms with Crippen LogP contribution >= 0.6 is 0 Å². The van der Waals surface area contributed by atoms with Gasteiger partial charge in [0.1, 0.15) is 23.9 Å². The van der Waals surface area contributed by atoms with E-state index < -0.39 is 0 Å². The molecule has 0 bridgehead atoms. The van der Waals surface area contributed by atoms with E-state index >= 15 is 0 Å². The third kappa shape index (κ3) is 3.86. The van der Waals surface area contributed by atoms with Crippen molar-refractivity contribution in [1.82, 2.24) is 0 Å². The number of rotatable bonds is 5. The van der Waals surface area contributed by atoms with Crippen LogP contribution in [0.15, 0.2) is 78.9 Å². The molecule has 0 N–H and O–H groups in total. The van der Waals surface area contributed by atoms with Crippen molar-refractivity contribution >= 4 is 0 Å². The Morgan fingerprint density at radius 3 is 2.05 bits per heavy atom. The lowest BCUT2D eigenvalue weighted by Crippen LogP contribution is -1.95. The SMILES string of the molecule is [c]1ccc(OCc2ccc(Oc3ccccc3)cc2)cc1. The van der Waals surface area contributed by atoms with Gasteiger partial charge < -0.3 is 9.47 Å². The van der Waals surface area contributed by atoms with Gasteiger partial charge in [-0.05, 0) is 48.0 Å². The molecule has 0 atom stereocenters. The molecular formula is C19H15O2. The molecular weight excluding hydrogens is 260 g/mol. The average Bonchev–Trinajstić information content (AvgIpc) is 2.56. The predicted octanol–water partition coefficient (Wildman–Crippen LogP) is 4.86. The maximum atomic E-state index is 5.75. The van der Waals surface area contributed by atoms with E-state index in [9.17, 15) is 0 Å². The van der Waals surface area contributed by atoms with Crippen molar-refractivity contribution in [2.75, 3.05) is 0 Å². The molecule has 0 spiro atoms. The molecule has 0 heterocycles. The van der Waals surface area contributed by atoms with Crippen LogP contribution in [0, 0.1) is 6.07 Å². The zero-order valence-electron chi connectivity index (χ0n) is 11.5. The summed E-state index contributed by atoms with van der Waals surface area (Å²) in [6, 6.07) is 28.1. The van der Waals surface area contributed by atoms with Gasteiger partial charge in [0, 0.05) is 0 Å². The summed E-state index contributed by atoms with van der Waals surface area (Å²) in [5, 5.41) is 0. The molecule has 1 radical (unpaired) electrons. The lowest BCUT2D eigenvalue weighted by atomic mass is 10.2. The first-order valence-corrected chi connectivity index (χ1v) is 6.81. The summed E-state index contributed by atoms with van der Waals surface area (Å²) < 4.78 is 11.4. The lowest BCUT2D eigenvalue weighted by Gasteiger charge is -2.08. The highest BCUT2D eigenvalue weighted by atomic mass is 16.5. The molecule has 3 aromatic carbocycles. The molecule has 0 amide bonds. The predicted molar refractivity (Wildman–Crippen MR) is 82.6 cm³/mol. The van der Waals surface area contributed by atoms with Gasteiger partial charge in [-0.1, -0.05) is 42.5 Å². The minimum absolute atomic E-state index is 0.537. The van der Waals surface area contributed by atoms with Gasteiger partial charge in [-0.2, -0.15) is 0 Å². The molecule has 3 aromatic rings. The van der Waals surface area contributed by atoms with Crippen LogP contribution in [0.4, 0.5) is 0 Å². The van der Waals surface area contributed by atoms with E-state index in [1.54, 1.807) is 0 Å². The molecule has 0 aliphatic carbocycles. The lowest BCUT2D eigenvalue weighted by molar-refractivity contribution is 0.306. The van der Waals surface area contributed by atoms with Crippen LogP contribution < -0.4 is 9.47 Å². The average molecular weight is 275 g/mol. The fraction of sp³-hybridized carbons (Fsp3) is 0.0526. The van der Waals surface area contributed by atoms with Crippen LogP contribution in [0.25, 0.3) is 0 Å². The van der Waals surface area contributed by atoms with Gasteiger partial charge in [0.05, 0.1) is 0 Å². The van der Waals surface area contributed by atoms with Crippen molar-refractivity contribution < 1.29 is 9.47 Å². The van der Waals surface area contributed by atoms with Crippen molar-refractivity contribution in [3.63, 3.8) is 0 Å². The van der Waals surface area contributed by atoms with Crippen LogP contribution in [-0.2, 0) is 6.61 Å². The highest BCUT2D eigenvalue weighted by molar-refractivity contribution is 5.33. The van der Waals surface area contributed by atoms with E-state index in [2.05, 4.69) is 6.07 Å². The number of ether oxygens (including phenoxy) is 2. The first-order chi connectivity index (χ1) is 10.4. The molecule has 2 heteroatoms. The third-order valence-corrected chi connectivity index (χ3v) is 3.00. The molecule has 0 unspecified atom stereocenters. The molecule has 0 saturated heterocycles. The van der Waals surface area contributed by atoms with Crippen LogP contribution in [0.2, 0.25) is 0 Å². The molecule has 0 aromatic heterocycles. The first kappa shape index (κ1) is 13.3. The standard InChI is InChI=1S/C19H15O2/c1-3-7-17(8-4-1)20-15-16-11-13-19(14-12-16)21-18-9-5-2-6-10-18/h2-14H,15H2. The van der Waals surface area contributed by atoms with Gasteiger partial charge in [0.15, 0.2) is 0 Å². The zero-order chi connectivity index (χ0) is 14.3. The van der Waals surface area contributed by atoms with Gasteiger partial charge >= 0.3 is 0 Å². The highest BCUT2D eigenvalue weighted by Crippen LogP contribution is 2.21. The van der Waals surface area contributed by atoms with E-state index in [4.69, 9.17) is 9.47 Å². The molecule has 0 aliphatic rings. The minimum Gasteiger partial charge on any atom is -0.489 e. The summed E-state index contributed by atoms with van der Waals surface area (Å²) in [5.74, 6) is 2.50. The number of hydrogen-bond acceptors (Lipinski definition) is 2. The van der Waals surface area contributed by atoms with Crippen LogP contribution in [0.3, 0.4) is 0 Å². The fourth-order valence-corrected chi connectivity index (χ4v) is 1.91.